The first-order chi connectivity index (χ1) is 13.1. The van der Waals surface area contributed by atoms with Crippen LogP contribution < -0.4 is 10.6 Å². The van der Waals surface area contributed by atoms with E-state index in [9.17, 15) is 4.79 Å². The summed E-state index contributed by atoms with van der Waals surface area (Å²) < 4.78 is 1.72. The first kappa shape index (κ1) is 19.4. The minimum Gasteiger partial charge on any atom is -0.336 e. The number of hydrogen-bond acceptors (Lipinski definition) is 4. The van der Waals surface area contributed by atoms with Gasteiger partial charge in [-0.1, -0.05) is 48.4 Å². The van der Waals surface area contributed by atoms with Crippen LogP contribution in [-0.2, 0) is 0 Å². The van der Waals surface area contributed by atoms with Crippen LogP contribution in [0, 0.1) is 0 Å². The zero-order valence-corrected chi connectivity index (χ0v) is 16.3. The number of urea groups is 1. The van der Waals surface area contributed by atoms with Gasteiger partial charge in [0.05, 0.1) is 12.2 Å². The van der Waals surface area contributed by atoms with Crippen molar-refractivity contribution in [3.05, 3.63) is 42.1 Å². The first-order valence-corrected chi connectivity index (χ1v) is 9.89. The lowest BCUT2D eigenvalue weighted by Gasteiger charge is -2.31. The summed E-state index contributed by atoms with van der Waals surface area (Å²) in [6, 6.07) is 10.6. The molecule has 7 nitrogen and oxygen atoms in total. The number of carbonyl (C=O) groups excluding carboxylic acids is 1. The van der Waals surface area contributed by atoms with E-state index in [1.165, 1.54) is 31.2 Å². The molecule has 1 atom stereocenters. The van der Waals surface area contributed by atoms with Gasteiger partial charge in [-0.05, 0) is 45.3 Å². The molecule has 1 aromatic carbocycles. The quantitative estimate of drug-likeness (QED) is 0.815. The fourth-order valence-electron chi connectivity index (χ4n) is 3.48. The van der Waals surface area contributed by atoms with E-state index in [0.717, 1.165) is 13.1 Å². The Morgan fingerprint density at radius 3 is 2.44 bits per heavy atom. The molecule has 1 fully saturated rings. The maximum absolute atomic E-state index is 12.4. The number of anilines is 1. The van der Waals surface area contributed by atoms with Gasteiger partial charge in [0.2, 0.25) is 0 Å². The van der Waals surface area contributed by atoms with E-state index in [-0.39, 0.29) is 18.1 Å². The minimum absolute atomic E-state index is 0.182. The summed E-state index contributed by atoms with van der Waals surface area (Å²) in [4.78, 5) is 14.9. The minimum atomic E-state index is -0.249. The number of benzene rings is 1. The highest BCUT2D eigenvalue weighted by molar-refractivity contribution is 5.87. The molecule has 2 amide bonds. The average molecular weight is 371 g/mol. The highest BCUT2D eigenvalue weighted by atomic mass is 16.2. The van der Waals surface area contributed by atoms with Crippen molar-refractivity contribution in [2.75, 3.05) is 25.0 Å². The van der Waals surface area contributed by atoms with Crippen LogP contribution in [0.25, 0.3) is 0 Å². The summed E-state index contributed by atoms with van der Waals surface area (Å²) in [7, 11) is 0. The van der Waals surface area contributed by atoms with Crippen molar-refractivity contribution in [1.29, 1.82) is 0 Å². The second kappa shape index (κ2) is 9.50. The summed E-state index contributed by atoms with van der Waals surface area (Å²) in [5.41, 5.74) is 1.24. The molecule has 3 rings (SSSR count). The number of carbonyl (C=O) groups is 1. The predicted octanol–water partition coefficient (Wildman–Crippen LogP) is 3.60. The Kier molecular flexibility index (Phi) is 6.81. The molecule has 146 valence electrons. The van der Waals surface area contributed by atoms with Crippen LogP contribution in [0.15, 0.2) is 36.5 Å². The van der Waals surface area contributed by atoms with Gasteiger partial charge in [0.25, 0.3) is 0 Å². The monoisotopic (exact) mass is 370 g/mol. The van der Waals surface area contributed by atoms with E-state index in [0.29, 0.717) is 12.4 Å². The van der Waals surface area contributed by atoms with Gasteiger partial charge in [0.1, 0.15) is 0 Å². The molecule has 1 aliphatic rings. The Hall–Kier alpha value is -2.41. The average Bonchev–Trinajstić information content (AvgIpc) is 2.97. The molecule has 1 aromatic heterocycles. The highest BCUT2D eigenvalue weighted by Gasteiger charge is 2.22. The fraction of sp³-hybridized carbons (Fsp3) is 0.550. The van der Waals surface area contributed by atoms with Crippen LogP contribution in [0.5, 0.6) is 0 Å². The van der Waals surface area contributed by atoms with Crippen molar-refractivity contribution in [3.63, 3.8) is 0 Å². The van der Waals surface area contributed by atoms with Crippen LogP contribution in [0.4, 0.5) is 10.6 Å². The third-order valence-corrected chi connectivity index (χ3v) is 5.00. The second-order valence-corrected chi connectivity index (χ2v) is 7.39. The Morgan fingerprint density at radius 1 is 1.11 bits per heavy atom. The van der Waals surface area contributed by atoms with Crippen molar-refractivity contribution in [2.45, 2.75) is 51.6 Å². The zero-order chi connectivity index (χ0) is 19.1. The van der Waals surface area contributed by atoms with Crippen molar-refractivity contribution in [2.24, 2.45) is 0 Å². The molecule has 27 heavy (non-hydrogen) atoms. The number of rotatable bonds is 6. The lowest BCUT2D eigenvalue weighted by molar-refractivity contribution is 0.198. The second-order valence-electron chi connectivity index (χ2n) is 7.39. The molecule has 1 unspecified atom stereocenters. The summed E-state index contributed by atoms with van der Waals surface area (Å²) in [6.07, 6.45) is 6.75. The largest absolute Gasteiger partial charge is 0.336 e. The van der Waals surface area contributed by atoms with E-state index in [4.69, 9.17) is 0 Å². The Morgan fingerprint density at radius 2 is 1.81 bits per heavy atom. The molecule has 1 aliphatic heterocycles. The molecule has 2 N–H and O–H groups in total. The molecule has 0 bridgehead atoms. The summed E-state index contributed by atoms with van der Waals surface area (Å²) >= 11 is 0. The van der Waals surface area contributed by atoms with Crippen molar-refractivity contribution in [3.8, 4) is 0 Å². The predicted molar refractivity (Wildman–Crippen MR) is 107 cm³/mol. The number of hydrogen-bond donors (Lipinski definition) is 2. The first-order valence-electron chi connectivity index (χ1n) is 9.89. The van der Waals surface area contributed by atoms with Gasteiger partial charge in [-0.15, -0.1) is 5.10 Å². The maximum atomic E-state index is 12.4. The van der Waals surface area contributed by atoms with Crippen LogP contribution in [0.1, 0.15) is 57.2 Å². The topological polar surface area (TPSA) is 75.1 Å². The van der Waals surface area contributed by atoms with Crippen LogP contribution in [0.3, 0.4) is 0 Å². The Labute approximate surface area is 161 Å². The number of amides is 2. The SMILES string of the molecule is CC(C)n1cc(NC(=O)NCC(c2ccccc2)N2CCCCCC2)nn1. The standard InChI is InChI=1S/C20H30N6O/c1-16(2)26-15-19(23-24-26)22-20(27)21-14-18(17-10-6-5-7-11-17)25-12-8-3-4-9-13-25/h5-7,10-11,15-16,18H,3-4,8-9,12-14H2,1-2H3,(H2,21,22,27). The van der Waals surface area contributed by atoms with Gasteiger partial charge in [0.15, 0.2) is 5.82 Å². The lowest BCUT2D eigenvalue weighted by Crippen LogP contribution is -2.40. The zero-order valence-electron chi connectivity index (χ0n) is 16.3. The molecule has 7 heteroatoms. The molecule has 0 radical (unpaired) electrons. The summed E-state index contributed by atoms with van der Waals surface area (Å²) in [5.74, 6) is 0.465. The Balaban J connectivity index is 1.62. The summed E-state index contributed by atoms with van der Waals surface area (Å²) in [6.45, 7) is 6.75. The van der Waals surface area contributed by atoms with Crippen molar-refractivity contribution >= 4 is 11.8 Å². The molecule has 0 saturated carbocycles. The van der Waals surface area contributed by atoms with Crippen LogP contribution in [-0.4, -0.2) is 45.6 Å². The molecule has 0 spiro atoms. The number of nitrogens with zero attached hydrogens (tertiary/aromatic N) is 4. The molecule has 2 heterocycles. The third kappa shape index (κ3) is 5.53. The van der Waals surface area contributed by atoms with E-state index in [2.05, 4.69) is 50.1 Å². The molecule has 1 saturated heterocycles. The maximum Gasteiger partial charge on any atom is 0.320 e. The number of nitrogens with one attached hydrogen (secondary N) is 2. The van der Waals surface area contributed by atoms with Gasteiger partial charge >= 0.3 is 6.03 Å². The number of likely N-dealkylation sites (tertiary alicyclic amines) is 1. The number of aromatic nitrogens is 3. The van der Waals surface area contributed by atoms with Gasteiger partial charge < -0.3 is 5.32 Å². The van der Waals surface area contributed by atoms with E-state index < -0.39 is 0 Å². The van der Waals surface area contributed by atoms with E-state index >= 15 is 0 Å². The van der Waals surface area contributed by atoms with E-state index in [1.807, 2.05) is 19.9 Å². The van der Waals surface area contributed by atoms with Crippen molar-refractivity contribution in [1.82, 2.24) is 25.2 Å². The van der Waals surface area contributed by atoms with Gasteiger partial charge in [-0.3, -0.25) is 10.2 Å². The lowest BCUT2D eigenvalue weighted by atomic mass is 10.0. The highest BCUT2D eigenvalue weighted by Crippen LogP contribution is 2.23. The van der Waals surface area contributed by atoms with Gasteiger partial charge in [-0.2, -0.15) is 0 Å². The fourth-order valence-corrected chi connectivity index (χ4v) is 3.48. The molecular formula is C20H30N6O. The van der Waals surface area contributed by atoms with Gasteiger partial charge in [-0.25, -0.2) is 9.48 Å². The van der Waals surface area contributed by atoms with Crippen LogP contribution in [0.2, 0.25) is 0 Å². The molecule has 0 aliphatic carbocycles. The van der Waals surface area contributed by atoms with Crippen LogP contribution >= 0.6 is 0 Å². The van der Waals surface area contributed by atoms with Gasteiger partial charge in [0, 0.05) is 12.6 Å². The smallest absolute Gasteiger partial charge is 0.320 e. The third-order valence-electron chi connectivity index (χ3n) is 5.00. The summed E-state index contributed by atoms with van der Waals surface area (Å²) in [5, 5.41) is 13.8. The van der Waals surface area contributed by atoms with Crippen molar-refractivity contribution < 1.29 is 4.79 Å². The Bertz CT molecular complexity index is 706. The normalized spacial score (nSPS) is 16.7. The molecule has 2 aromatic rings. The van der Waals surface area contributed by atoms with E-state index in [1.54, 1.807) is 10.9 Å². The molecular weight excluding hydrogens is 340 g/mol.